The molecule has 1 fully saturated rings. The van der Waals surface area contributed by atoms with Crippen molar-refractivity contribution in [1.29, 1.82) is 0 Å². The van der Waals surface area contributed by atoms with Crippen molar-refractivity contribution in [3.63, 3.8) is 0 Å². The van der Waals surface area contributed by atoms with Crippen LogP contribution in [0, 0.1) is 11.8 Å². The quantitative estimate of drug-likeness (QED) is 0.658. The van der Waals surface area contributed by atoms with Gasteiger partial charge in [-0.25, -0.2) is 4.79 Å². The maximum absolute atomic E-state index is 13.4. The van der Waals surface area contributed by atoms with Crippen molar-refractivity contribution in [3.05, 3.63) is 35.9 Å². The summed E-state index contributed by atoms with van der Waals surface area (Å²) in [6.45, 7) is 6.12. The van der Waals surface area contributed by atoms with E-state index in [4.69, 9.17) is 4.74 Å². The summed E-state index contributed by atoms with van der Waals surface area (Å²) < 4.78 is 5.20. The van der Waals surface area contributed by atoms with E-state index in [2.05, 4.69) is 6.92 Å². The molecule has 1 heterocycles. The minimum Gasteiger partial charge on any atom is -0.497 e. The van der Waals surface area contributed by atoms with Gasteiger partial charge in [0, 0.05) is 16.8 Å². The number of rotatable bonds is 6. The lowest BCUT2D eigenvalue weighted by molar-refractivity contribution is -0.123. The summed E-state index contributed by atoms with van der Waals surface area (Å²) in [4.78, 5) is 27.9. The molecule has 0 atom stereocenters. The second-order valence-corrected chi connectivity index (χ2v) is 9.15. The molecule has 6 heteroatoms. The molecule has 0 saturated heterocycles. The first-order chi connectivity index (χ1) is 13.8. The van der Waals surface area contributed by atoms with Crippen LogP contribution in [-0.4, -0.2) is 30.1 Å². The lowest BCUT2D eigenvalue weighted by atomic mass is 9.82. The van der Waals surface area contributed by atoms with Crippen LogP contribution in [0.15, 0.2) is 30.3 Å². The van der Waals surface area contributed by atoms with E-state index in [1.165, 1.54) is 11.3 Å². The second kappa shape index (κ2) is 8.99. The zero-order chi connectivity index (χ0) is 21.1. The lowest BCUT2D eigenvalue weighted by Gasteiger charge is -2.33. The van der Waals surface area contributed by atoms with Gasteiger partial charge in [-0.05, 0) is 81.3 Å². The summed E-state index contributed by atoms with van der Waals surface area (Å²) in [7, 11) is 1.61. The Kier molecular flexibility index (Phi) is 6.63. The molecule has 0 unspecified atom stereocenters. The highest BCUT2D eigenvalue weighted by Gasteiger charge is 2.33. The highest BCUT2D eigenvalue weighted by molar-refractivity contribution is 7.20. The fourth-order valence-corrected chi connectivity index (χ4v) is 5.20. The maximum Gasteiger partial charge on any atom is 0.338 e. The van der Waals surface area contributed by atoms with Gasteiger partial charge < -0.3 is 14.7 Å². The van der Waals surface area contributed by atoms with Crippen LogP contribution in [0.4, 0.5) is 5.00 Å². The number of carbonyl (C=O) groups is 2. The average molecular weight is 416 g/mol. The second-order valence-electron chi connectivity index (χ2n) is 8.12. The van der Waals surface area contributed by atoms with Gasteiger partial charge in [-0.1, -0.05) is 6.92 Å². The van der Waals surface area contributed by atoms with Crippen molar-refractivity contribution in [2.75, 3.05) is 12.0 Å². The molecule has 0 radical (unpaired) electrons. The lowest BCUT2D eigenvalue weighted by Crippen LogP contribution is -2.42. The normalized spacial score (nSPS) is 19.2. The van der Waals surface area contributed by atoms with Crippen LogP contribution in [0.5, 0.6) is 5.75 Å². The number of thiophene rings is 1. The molecule has 1 N–H and O–H groups in total. The Hall–Kier alpha value is -2.34. The van der Waals surface area contributed by atoms with Crippen molar-refractivity contribution >= 4 is 28.2 Å². The van der Waals surface area contributed by atoms with E-state index in [9.17, 15) is 14.7 Å². The molecule has 1 aliphatic carbocycles. The van der Waals surface area contributed by atoms with Crippen LogP contribution >= 0.6 is 11.3 Å². The van der Waals surface area contributed by atoms with Crippen LogP contribution in [0.1, 0.15) is 56.8 Å². The van der Waals surface area contributed by atoms with Crippen molar-refractivity contribution in [3.8, 4) is 16.2 Å². The first kappa shape index (κ1) is 21.4. The number of ether oxygens (including phenoxy) is 1. The van der Waals surface area contributed by atoms with Gasteiger partial charge in [0.15, 0.2) is 0 Å². The summed E-state index contributed by atoms with van der Waals surface area (Å²) in [5, 5.41) is 10.3. The van der Waals surface area contributed by atoms with E-state index in [1.807, 2.05) is 38.1 Å². The molecule has 156 valence electrons. The average Bonchev–Trinajstić information content (AvgIpc) is 3.13. The number of nitrogens with zero attached hydrogens (tertiary/aromatic N) is 1. The number of hydrogen-bond donors (Lipinski definition) is 1. The van der Waals surface area contributed by atoms with Crippen LogP contribution < -0.4 is 9.64 Å². The Morgan fingerprint density at radius 1 is 1.14 bits per heavy atom. The van der Waals surface area contributed by atoms with E-state index < -0.39 is 5.97 Å². The van der Waals surface area contributed by atoms with E-state index in [0.29, 0.717) is 10.9 Å². The minimum atomic E-state index is -1.01. The topological polar surface area (TPSA) is 66.8 Å². The molecule has 0 aliphatic heterocycles. The van der Waals surface area contributed by atoms with Crippen molar-refractivity contribution < 1.29 is 19.4 Å². The monoisotopic (exact) mass is 415 g/mol. The fourth-order valence-electron chi connectivity index (χ4n) is 3.90. The van der Waals surface area contributed by atoms with Gasteiger partial charge in [0.05, 0.1) is 12.7 Å². The molecule has 3 rings (SSSR count). The number of benzene rings is 1. The van der Waals surface area contributed by atoms with E-state index in [-0.39, 0.29) is 23.4 Å². The number of hydrogen-bond acceptors (Lipinski definition) is 4. The molecule has 1 aromatic carbocycles. The Bertz CT molecular complexity index is 864. The van der Waals surface area contributed by atoms with Crippen LogP contribution in [0.3, 0.4) is 0 Å². The zero-order valence-corrected chi connectivity index (χ0v) is 18.3. The highest BCUT2D eigenvalue weighted by Crippen LogP contribution is 2.41. The van der Waals surface area contributed by atoms with Gasteiger partial charge in [-0.15, -0.1) is 11.3 Å². The smallest absolute Gasteiger partial charge is 0.338 e. The Balaban J connectivity index is 1.97. The standard InChI is InChI=1S/C23H29NO4S/c1-14(2)24(21(25)17-7-5-15(3)6-8-17)22-19(23(26)27)13-20(29-22)16-9-11-18(28-4)12-10-16/h9-15,17H,5-8H2,1-4H3,(H,26,27)/t15-,17-. The van der Waals surface area contributed by atoms with E-state index >= 15 is 0 Å². The van der Waals surface area contributed by atoms with Gasteiger partial charge in [-0.3, -0.25) is 4.79 Å². The molecule has 1 aromatic heterocycles. The van der Waals surface area contributed by atoms with Crippen LogP contribution in [0.2, 0.25) is 0 Å². The summed E-state index contributed by atoms with van der Waals surface area (Å²) >= 11 is 1.37. The van der Waals surface area contributed by atoms with E-state index in [1.54, 1.807) is 18.1 Å². The third kappa shape index (κ3) is 4.64. The molecule has 0 bridgehead atoms. The molecule has 1 aliphatic rings. The first-order valence-electron chi connectivity index (χ1n) is 10.2. The number of anilines is 1. The molecule has 1 saturated carbocycles. The van der Waals surface area contributed by atoms with Gasteiger partial charge >= 0.3 is 5.97 Å². The molecule has 2 aromatic rings. The molecular formula is C23H29NO4S. The Morgan fingerprint density at radius 3 is 2.28 bits per heavy atom. The third-order valence-corrected chi connectivity index (χ3v) is 6.84. The summed E-state index contributed by atoms with van der Waals surface area (Å²) in [6, 6.07) is 9.08. The number of carbonyl (C=O) groups excluding carboxylic acids is 1. The van der Waals surface area contributed by atoms with Gasteiger partial charge in [0.2, 0.25) is 5.91 Å². The summed E-state index contributed by atoms with van der Waals surface area (Å²) in [5.74, 6) is 0.421. The predicted octanol–water partition coefficient (Wildman–Crippen LogP) is 5.69. The number of amides is 1. The highest BCUT2D eigenvalue weighted by atomic mass is 32.1. The number of methoxy groups -OCH3 is 1. The van der Waals surface area contributed by atoms with Gasteiger partial charge in [0.25, 0.3) is 0 Å². The summed E-state index contributed by atoms with van der Waals surface area (Å²) in [6.07, 6.45) is 3.86. The molecular weight excluding hydrogens is 386 g/mol. The summed E-state index contributed by atoms with van der Waals surface area (Å²) in [5.41, 5.74) is 1.10. The maximum atomic E-state index is 13.4. The SMILES string of the molecule is COc1ccc(-c2cc(C(=O)O)c(N(C(=O)[C@H]3CC[C@H](C)CC3)C(C)C)s2)cc1. The molecule has 0 spiro atoms. The van der Waals surface area contributed by atoms with Gasteiger partial charge in [-0.2, -0.15) is 0 Å². The molecule has 29 heavy (non-hydrogen) atoms. The van der Waals surface area contributed by atoms with Crippen molar-refractivity contribution in [2.24, 2.45) is 11.8 Å². The Morgan fingerprint density at radius 2 is 1.76 bits per heavy atom. The minimum absolute atomic E-state index is 0.0261. The Labute approximate surface area is 176 Å². The zero-order valence-electron chi connectivity index (χ0n) is 17.5. The van der Waals surface area contributed by atoms with Gasteiger partial charge in [0.1, 0.15) is 10.8 Å². The van der Waals surface area contributed by atoms with Crippen molar-refractivity contribution in [1.82, 2.24) is 0 Å². The van der Waals surface area contributed by atoms with Crippen LogP contribution in [0.25, 0.3) is 10.4 Å². The predicted molar refractivity (Wildman–Crippen MR) is 117 cm³/mol. The molecule has 1 amide bonds. The number of carboxylic acid groups (broad SMARTS) is 1. The first-order valence-corrected chi connectivity index (χ1v) is 11.0. The fraction of sp³-hybridized carbons (Fsp3) is 0.478. The van der Waals surface area contributed by atoms with Crippen molar-refractivity contribution in [2.45, 2.75) is 52.5 Å². The molecule has 5 nitrogen and oxygen atoms in total. The van der Waals surface area contributed by atoms with Crippen LogP contribution in [-0.2, 0) is 4.79 Å². The number of aromatic carboxylic acids is 1. The largest absolute Gasteiger partial charge is 0.497 e. The van der Waals surface area contributed by atoms with E-state index in [0.717, 1.165) is 41.9 Å². The third-order valence-electron chi connectivity index (χ3n) is 5.66. The number of carboxylic acids is 1.